The third-order valence-corrected chi connectivity index (χ3v) is 6.88. The van der Waals surface area contributed by atoms with Gasteiger partial charge in [-0.2, -0.15) is 0 Å². The zero-order valence-corrected chi connectivity index (χ0v) is 16.7. The van der Waals surface area contributed by atoms with Crippen molar-refractivity contribution < 1.29 is 0 Å². The number of aromatic nitrogens is 2. The molecule has 1 N–H and O–H groups in total. The summed E-state index contributed by atoms with van der Waals surface area (Å²) < 4.78 is 2.32. The van der Waals surface area contributed by atoms with Gasteiger partial charge in [0.1, 0.15) is 0 Å². The van der Waals surface area contributed by atoms with Gasteiger partial charge >= 0.3 is 0 Å². The molecular formula is C24H24N2OS. The number of rotatable bonds is 3. The largest absolute Gasteiger partial charge is 0.331 e. The molecule has 1 aromatic heterocycles. The number of nitrogens with one attached hydrogen (secondary N) is 1. The van der Waals surface area contributed by atoms with Crippen LogP contribution in [0.4, 0.5) is 0 Å². The Morgan fingerprint density at radius 1 is 1.00 bits per heavy atom. The average molecular weight is 389 g/mol. The van der Waals surface area contributed by atoms with Crippen LogP contribution in [0.2, 0.25) is 0 Å². The number of aromatic amines is 1. The highest BCUT2D eigenvalue weighted by atomic mass is 32.1. The second kappa shape index (κ2) is 6.85. The van der Waals surface area contributed by atoms with Crippen LogP contribution in [-0.4, -0.2) is 9.55 Å². The van der Waals surface area contributed by atoms with E-state index in [4.69, 9.17) is 12.2 Å². The van der Waals surface area contributed by atoms with Gasteiger partial charge in [0, 0.05) is 23.1 Å². The van der Waals surface area contributed by atoms with E-state index in [1.807, 2.05) is 24.3 Å². The lowest BCUT2D eigenvalue weighted by Gasteiger charge is -2.36. The van der Waals surface area contributed by atoms with Gasteiger partial charge in [0.15, 0.2) is 4.77 Å². The fraction of sp³-hybridized carbons (Fsp3) is 0.333. The van der Waals surface area contributed by atoms with Crippen molar-refractivity contribution in [2.24, 2.45) is 0 Å². The van der Waals surface area contributed by atoms with Gasteiger partial charge in [-0.25, -0.2) is 0 Å². The van der Waals surface area contributed by atoms with Crippen LogP contribution in [0.25, 0.3) is 11.3 Å². The first kappa shape index (κ1) is 17.6. The molecule has 1 fully saturated rings. The number of H-pyrrole nitrogens is 1. The molecule has 0 amide bonds. The van der Waals surface area contributed by atoms with E-state index in [1.54, 1.807) is 4.57 Å². The Kier molecular flexibility index (Phi) is 4.31. The van der Waals surface area contributed by atoms with Gasteiger partial charge in [-0.05, 0) is 49.0 Å². The van der Waals surface area contributed by atoms with Gasteiger partial charge in [-0.1, -0.05) is 67.4 Å². The topological polar surface area (TPSA) is 37.8 Å². The smallest absolute Gasteiger partial charge is 0.258 e. The number of aryl methyl sites for hydroxylation is 1. The van der Waals surface area contributed by atoms with Crippen LogP contribution in [0.5, 0.6) is 0 Å². The molecule has 0 radical (unpaired) electrons. The van der Waals surface area contributed by atoms with Crippen LogP contribution in [0.1, 0.15) is 42.4 Å². The number of hydrogen-bond acceptors (Lipinski definition) is 2. The predicted octanol–water partition coefficient (Wildman–Crippen LogP) is 5.18. The lowest BCUT2D eigenvalue weighted by Crippen LogP contribution is -2.40. The lowest BCUT2D eigenvalue weighted by molar-refractivity contribution is 0.420. The Morgan fingerprint density at radius 2 is 1.71 bits per heavy atom. The Bertz CT molecular complexity index is 1140. The highest BCUT2D eigenvalue weighted by Gasteiger charge is 2.43. The Hall–Kier alpha value is -2.46. The van der Waals surface area contributed by atoms with E-state index >= 15 is 0 Å². The highest BCUT2D eigenvalue weighted by Crippen LogP contribution is 2.49. The molecule has 2 aliphatic carbocycles. The molecular weight excluding hydrogens is 364 g/mol. The third kappa shape index (κ3) is 2.78. The van der Waals surface area contributed by atoms with Crippen molar-refractivity contribution >= 4 is 12.2 Å². The second-order valence-corrected chi connectivity index (χ2v) is 8.58. The first-order chi connectivity index (χ1) is 13.7. The molecule has 0 aliphatic heterocycles. The SMILES string of the molecule is O=c1c2c([nH]c(=S)n1CCc1ccccc1)-c1ccccc1CC21CCCC1. The van der Waals surface area contributed by atoms with Crippen LogP contribution >= 0.6 is 12.2 Å². The summed E-state index contributed by atoms with van der Waals surface area (Å²) in [4.78, 5) is 17.2. The zero-order chi connectivity index (χ0) is 19.1. The second-order valence-electron chi connectivity index (χ2n) is 8.19. The highest BCUT2D eigenvalue weighted by molar-refractivity contribution is 7.71. The maximum absolute atomic E-state index is 13.7. The normalized spacial score (nSPS) is 16.7. The van der Waals surface area contributed by atoms with Crippen LogP contribution in [0, 0.1) is 4.77 Å². The van der Waals surface area contributed by atoms with Crippen LogP contribution in [0.15, 0.2) is 59.4 Å². The zero-order valence-electron chi connectivity index (χ0n) is 15.9. The monoisotopic (exact) mass is 388 g/mol. The summed E-state index contributed by atoms with van der Waals surface area (Å²) in [6.45, 7) is 0.614. The summed E-state index contributed by atoms with van der Waals surface area (Å²) in [5, 5.41) is 0. The molecule has 0 bridgehead atoms. The van der Waals surface area contributed by atoms with Crippen molar-refractivity contribution in [1.29, 1.82) is 0 Å². The molecule has 28 heavy (non-hydrogen) atoms. The maximum Gasteiger partial charge on any atom is 0.258 e. The molecule has 1 spiro atoms. The fourth-order valence-corrected chi connectivity index (χ4v) is 5.48. The molecule has 2 aromatic carbocycles. The van der Waals surface area contributed by atoms with Gasteiger partial charge in [0.05, 0.1) is 5.69 Å². The summed E-state index contributed by atoms with van der Waals surface area (Å²) in [7, 11) is 0. The Morgan fingerprint density at radius 3 is 2.50 bits per heavy atom. The lowest BCUT2D eigenvalue weighted by atomic mass is 9.68. The van der Waals surface area contributed by atoms with Gasteiger partial charge in [0.25, 0.3) is 5.56 Å². The number of nitrogens with zero attached hydrogens (tertiary/aromatic N) is 1. The molecule has 3 nitrogen and oxygen atoms in total. The van der Waals surface area contributed by atoms with Crippen molar-refractivity contribution in [3.63, 3.8) is 0 Å². The molecule has 1 saturated carbocycles. The molecule has 2 aliphatic rings. The molecule has 3 aromatic rings. The molecule has 142 valence electrons. The van der Waals surface area contributed by atoms with Crippen molar-refractivity contribution in [2.45, 2.75) is 50.5 Å². The summed E-state index contributed by atoms with van der Waals surface area (Å²) in [6, 6.07) is 18.8. The average Bonchev–Trinajstić information content (AvgIpc) is 3.17. The minimum absolute atomic E-state index is 0.0329. The summed E-state index contributed by atoms with van der Waals surface area (Å²) in [5.74, 6) is 0. The standard InChI is InChI=1S/C24H24N2OS/c27-22-20-21(25-23(28)26(22)15-12-17-8-2-1-3-9-17)19-11-5-4-10-18(19)16-24(20)13-6-7-14-24/h1-5,8-11H,6-7,12-16H2,(H,25,28). The number of hydrogen-bond donors (Lipinski definition) is 1. The Labute approximate surface area is 170 Å². The summed E-state index contributed by atoms with van der Waals surface area (Å²) in [6.07, 6.45) is 6.34. The predicted molar refractivity (Wildman–Crippen MR) is 115 cm³/mol. The first-order valence-corrected chi connectivity index (χ1v) is 10.6. The maximum atomic E-state index is 13.7. The summed E-state index contributed by atoms with van der Waals surface area (Å²) >= 11 is 5.64. The molecule has 5 rings (SSSR count). The van der Waals surface area contributed by atoms with E-state index in [2.05, 4.69) is 35.3 Å². The van der Waals surface area contributed by atoms with Gasteiger partial charge in [-0.3, -0.25) is 9.36 Å². The minimum atomic E-state index is -0.0329. The van der Waals surface area contributed by atoms with E-state index in [-0.39, 0.29) is 11.0 Å². The van der Waals surface area contributed by atoms with Crippen LogP contribution in [-0.2, 0) is 24.8 Å². The molecule has 1 heterocycles. The first-order valence-electron chi connectivity index (χ1n) is 10.2. The quantitative estimate of drug-likeness (QED) is 0.628. The van der Waals surface area contributed by atoms with Crippen molar-refractivity contribution in [1.82, 2.24) is 9.55 Å². The van der Waals surface area contributed by atoms with E-state index in [1.165, 1.54) is 24.0 Å². The van der Waals surface area contributed by atoms with E-state index in [9.17, 15) is 4.79 Å². The van der Waals surface area contributed by atoms with Gasteiger partial charge in [0.2, 0.25) is 0 Å². The number of benzene rings is 2. The van der Waals surface area contributed by atoms with Crippen molar-refractivity contribution in [3.8, 4) is 11.3 Å². The molecule has 0 atom stereocenters. The molecule has 0 unspecified atom stereocenters. The fourth-order valence-electron chi connectivity index (χ4n) is 5.20. The van der Waals surface area contributed by atoms with Crippen LogP contribution in [0.3, 0.4) is 0 Å². The number of fused-ring (bicyclic) bond motifs is 4. The van der Waals surface area contributed by atoms with Crippen molar-refractivity contribution in [3.05, 3.63) is 86.4 Å². The minimum Gasteiger partial charge on any atom is -0.331 e. The summed E-state index contributed by atoms with van der Waals surface area (Å²) in [5.41, 5.74) is 5.74. The third-order valence-electron chi connectivity index (χ3n) is 6.56. The van der Waals surface area contributed by atoms with Crippen LogP contribution < -0.4 is 5.56 Å². The van der Waals surface area contributed by atoms with Gasteiger partial charge < -0.3 is 4.98 Å². The van der Waals surface area contributed by atoms with E-state index in [0.29, 0.717) is 11.3 Å². The molecule has 0 saturated heterocycles. The van der Waals surface area contributed by atoms with Crippen molar-refractivity contribution in [2.75, 3.05) is 0 Å². The van der Waals surface area contributed by atoms with E-state index in [0.717, 1.165) is 42.5 Å². The molecule has 4 heteroatoms. The Balaban J connectivity index is 1.66. The van der Waals surface area contributed by atoms with E-state index < -0.39 is 0 Å². The van der Waals surface area contributed by atoms with Gasteiger partial charge in [-0.15, -0.1) is 0 Å².